The van der Waals surface area contributed by atoms with Gasteiger partial charge >= 0.3 is 0 Å². The Balaban J connectivity index is 1.74. The zero-order valence-corrected chi connectivity index (χ0v) is 14.1. The first-order valence-electron chi connectivity index (χ1n) is 7.71. The largest absolute Gasteiger partial charge is 0.439 e. The van der Waals surface area contributed by atoms with Crippen LogP contribution in [0, 0.1) is 5.82 Å². The van der Waals surface area contributed by atoms with Crippen molar-refractivity contribution in [3.8, 4) is 11.6 Å². The van der Waals surface area contributed by atoms with E-state index in [0.29, 0.717) is 16.8 Å². The lowest BCUT2D eigenvalue weighted by molar-refractivity contribution is 0.454. The molecule has 0 saturated carbocycles. The summed E-state index contributed by atoms with van der Waals surface area (Å²) in [6.45, 7) is 2.04. The Labute approximate surface area is 144 Å². The van der Waals surface area contributed by atoms with Gasteiger partial charge in [0.25, 0.3) is 0 Å². The molecule has 0 N–H and O–H groups in total. The molecule has 0 saturated heterocycles. The van der Waals surface area contributed by atoms with Gasteiger partial charge in [-0.25, -0.2) is 9.37 Å². The average Bonchev–Trinajstić information content (AvgIpc) is 2.62. The fourth-order valence-electron chi connectivity index (χ4n) is 2.08. The highest BCUT2D eigenvalue weighted by Crippen LogP contribution is 2.25. The number of ether oxygens (including phenoxy) is 1. The third-order valence-electron chi connectivity index (χ3n) is 3.34. The topological polar surface area (TPSA) is 35.0 Å². The lowest BCUT2D eigenvalue weighted by atomic mass is 10.2. The number of hydrogen-bond acceptors (Lipinski definition) is 4. The highest BCUT2D eigenvalue weighted by atomic mass is 32.2. The number of para-hydroxylation sites is 1. The molecule has 0 spiro atoms. The summed E-state index contributed by atoms with van der Waals surface area (Å²) in [6.07, 6.45) is 0.803. The molecule has 0 atom stereocenters. The maximum Gasteiger partial charge on any atom is 0.223 e. The molecule has 1 heterocycles. The third kappa shape index (κ3) is 4.55. The fourth-order valence-corrected chi connectivity index (χ4v) is 2.91. The monoisotopic (exact) mass is 340 g/mol. The maximum atomic E-state index is 13.0. The first-order valence-corrected chi connectivity index (χ1v) is 8.69. The molecule has 122 valence electrons. The molecular formula is C19H17FN2OS. The highest BCUT2D eigenvalue weighted by molar-refractivity contribution is 7.98. The van der Waals surface area contributed by atoms with E-state index in [1.54, 1.807) is 12.1 Å². The van der Waals surface area contributed by atoms with Crippen LogP contribution in [0.25, 0.3) is 0 Å². The summed E-state index contributed by atoms with van der Waals surface area (Å²) in [4.78, 5) is 8.99. The molecule has 0 bridgehead atoms. The number of aromatic nitrogens is 2. The fraction of sp³-hybridized carbons (Fsp3) is 0.158. The van der Waals surface area contributed by atoms with E-state index in [2.05, 4.69) is 9.97 Å². The Kier molecular flexibility index (Phi) is 5.43. The quantitative estimate of drug-likeness (QED) is 0.453. The molecule has 0 aliphatic carbocycles. The van der Waals surface area contributed by atoms with Gasteiger partial charge in [0, 0.05) is 17.5 Å². The summed E-state index contributed by atoms with van der Waals surface area (Å²) >= 11 is 1.51. The molecule has 0 aliphatic heterocycles. The van der Waals surface area contributed by atoms with Crippen LogP contribution in [0.1, 0.15) is 18.2 Å². The second-order valence-corrected chi connectivity index (χ2v) is 6.11. The Hall–Kier alpha value is -2.40. The number of benzene rings is 2. The van der Waals surface area contributed by atoms with Crippen LogP contribution >= 0.6 is 11.8 Å². The molecule has 2 aromatic carbocycles. The summed E-state index contributed by atoms with van der Waals surface area (Å²) in [5.74, 6) is 1.73. The summed E-state index contributed by atoms with van der Waals surface area (Å²) in [6, 6.07) is 17.9. The first-order chi connectivity index (χ1) is 11.7. The molecule has 3 nitrogen and oxygen atoms in total. The molecular weight excluding hydrogens is 323 g/mol. The summed E-state index contributed by atoms with van der Waals surface area (Å²) < 4.78 is 18.8. The van der Waals surface area contributed by atoms with Crippen molar-refractivity contribution >= 4 is 11.8 Å². The smallest absolute Gasteiger partial charge is 0.223 e. The number of thioether (sulfide) groups is 1. The molecule has 0 amide bonds. The van der Waals surface area contributed by atoms with Gasteiger partial charge in [-0.2, -0.15) is 4.98 Å². The predicted octanol–water partition coefficient (Wildman–Crippen LogP) is 5.26. The van der Waals surface area contributed by atoms with Gasteiger partial charge in [-0.3, -0.25) is 0 Å². The minimum absolute atomic E-state index is 0.230. The lowest BCUT2D eigenvalue weighted by Crippen LogP contribution is -1.97. The van der Waals surface area contributed by atoms with E-state index >= 15 is 0 Å². The summed E-state index contributed by atoms with van der Waals surface area (Å²) in [5, 5.41) is 0.657. The van der Waals surface area contributed by atoms with Gasteiger partial charge in [0.1, 0.15) is 11.6 Å². The van der Waals surface area contributed by atoms with Gasteiger partial charge in [-0.1, -0.05) is 49.0 Å². The second-order valence-electron chi connectivity index (χ2n) is 5.16. The van der Waals surface area contributed by atoms with Gasteiger partial charge < -0.3 is 4.74 Å². The molecule has 0 unspecified atom stereocenters. The highest BCUT2D eigenvalue weighted by Gasteiger charge is 2.07. The number of hydrogen-bond donors (Lipinski definition) is 0. The van der Waals surface area contributed by atoms with E-state index in [4.69, 9.17) is 4.74 Å². The van der Waals surface area contributed by atoms with E-state index in [0.717, 1.165) is 23.4 Å². The molecule has 3 aromatic rings. The summed E-state index contributed by atoms with van der Waals surface area (Å²) in [5.41, 5.74) is 1.95. The summed E-state index contributed by atoms with van der Waals surface area (Å²) in [7, 11) is 0. The van der Waals surface area contributed by atoms with Gasteiger partial charge in [0.05, 0.1) is 0 Å². The van der Waals surface area contributed by atoms with E-state index in [9.17, 15) is 4.39 Å². The van der Waals surface area contributed by atoms with Gasteiger partial charge in [-0.05, 0) is 36.2 Å². The van der Waals surface area contributed by atoms with Crippen molar-refractivity contribution in [2.75, 3.05) is 0 Å². The Morgan fingerprint density at radius 2 is 1.75 bits per heavy atom. The Morgan fingerprint density at radius 3 is 2.46 bits per heavy atom. The van der Waals surface area contributed by atoms with Crippen LogP contribution in [0.5, 0.6) is 11.6 Å². The Morgan fingerprint density at radius 1 is 1.00 bits per heavy atom. The van der Waals surface area contributed by atoms with Gasteiger partial charge in [-0.15, -0.1) is 0 Å². The van der Waals surface area contributed by atoms with Gasteiger partial charge in [0.2, 0.25) is 5.88 Å². The van der Waals surface area contributed by atoms with E-state index < -0.39 is 0 Å². The molecule has 24 heavy (non-hydrogen) atoms. The minimum atomic E-state index is -0.230. The van der Waals surface area contributed by atoms with Crippen molar-refractivity contribution in [3.63, 3.8) is 0 Å². The van der Waals surface area contributed by atoms with Crippen LogP contribution in [0.3, 0.4) is 0 Å². The minimum Gasteiger partial charge on any atom is -0.439 e. The predicted molar refractivity (Wildman–Crippen MR) is 93.9 cm³/mol. The normalized spacial score (nSPS) is 10.6. The maximum absolute atomic E-state index is 13.0. The molecule has 0 radical (unpaired) electrons. The van der Waals surface area contributed by atoms with E-state index in [-0.39, 0.29) is 5.82 Å². The van der Waals surface area contributed by atoms with Crippen molar-refractivity contribution in [3.05, 3.63) is 77.7 Å². The van der Waals surface area contributed by atoms with Crippen molar-refractivity contribution in [1.82, 2.24) is 9.97 Å². The van der Waals surface area contributed by atoms with Crippen molar-refractivity contribution in [1.29, 1.82) is 0 Å². The standard InChI is InChI=1S/C19H17FN2OS/c1-2-16-12-18(23-17-6-4-3-5-7-17)22-19(21-16)24-13-14-8-10-15(20)11-9-14/h3-12H,2,13H2,1H3. The van der Waals surface area contributed by atoms with Crippen molar-refractivity contribution in [2.24, 2.45) is 0 Å². The molecule has 0 fully saturated rings. The zero-order valence-electron chi connectivity index (χ0n) is 13.3. The van der Waals surface area contributed by atoms with Crippen LogP contribution in [-0.4, -0.2) is 9.97 Å². The van der Waals surface area contributed by atoms with Crippen molar-refractivity contribution in [2.45, 2.75) is 24.3 Å². The van der Waals surface area contributed by atoms with Crippen molar-refractivity contribution < 1.29 is 9.13 Å². The second kappa shape index (κ2) is 7.93. The van der Waals surface area contributed by atoms with Gasteiger partial charge in [0.15, 0.2) is 5.16 Å². The van der Waals surface area contributed by atoms with E-state index in [1.807, 2.05) is 43.3 Å². The van der Waals surface area contributed by atoms with Crippen LogP contribution in [0.4, 0.5) is 4.39 Å². The number of aryl methyl sites for hydroxylation is 1. The first kappa shape index (κ1) is 16.5. The zero-order chi connectivity index (χ0) is 16.8. The lowest BCUT2D eigenvalue weighted by Gasteiger charge is -2.08. The average molecular weight is 340 g/mol. The van der Waals surface area contributed by atoms with Crippen LogP contribution < -0.4 is 4.74 Å². The SMILES string of the molecule is CCc1cc(Oc2ccccc2)nc(SCc2ccc(F)cc2)n1. The van der Waals surface area contributed by atoms with E-state index in [1.165, 1.54) is 23.9 Å². The molecule has 5 heteroatoms. The number of halogens is 1. The molecule has 3 rings (SSSR count). The van der Waals surface area contributed by atoms with Crippen LogP contribution in [-0.2, 0) is 12.2 Å². The number of rotatable bonds is 6. The number of nitrogens with zero attached hydrogens (tertiary/aromatic N) is 2. The van der Waals surface area contributed by atoms with Crippen LogP contribution in [0.15, 0.2) is 65.8 Å². The molecule has 0 aliphatic rings. The Bertz CT molecular complexity index is 794. The van der Waals surface area contributed by atoms with Crippen LogP contribution in [0.2, 0.25) is 0 Å². The third-order valence-corrected chi connectivity index (χ3v) is 4.26. The molecule has 1 aromatic heterocycles.